The van der Waals surface area contributed by atoms with Crippen molar-refractivity contribution in [2.24, 2.45) is 5.16 Å². The van der Waals surface area contributed by atoms with Crippen LogP contribution in [0.4, 0.5) is 11.5 Å². The van der Waals surface area contributed by atoms with E-state index in [1.165, 1.54) is 11.9 Å². The smallest absolute Gasteiger partial charge is 0.185 e. The Hall–Kier alpha value is -3.41. The van der Waals surface area contributed by atoms with Gasteiger partial charge in [-0.25, -0.2) is 9.97 Å². The fraction of sp³-hybridized carbons (Fsp3) is 0.190. The molecule has 4 rings (SSSR count). The lowest BCUT2D eigenvalue weighted by Crippen LogP contribution is -1.99. The number of nitrogens with one attached hydrogen (secondary N) is 1. The highest BCUT2D eigenvalue weighted by Crippen LogP contribution is 2.35. The van der Waals surface area contributed by atoms with Crippen LogP contribution in [0, 0.1) is 13.8 Å². The zero-order valence-corrected chi connectivity index (χ0v) is 15.2. The molecule has 0 fully saturated rings. The molecule has 0 radical (unpaired) electrons. The molecule has 27 heavy (non-hydrogen) atoms. The van der Waals surface area contributed by atoms with Crippen LogP contribution in [0.3, 0.4) is 0 Å². The molecule has 1 heterocycles. The second-order valence-corrected chi connectivity index (χ2v) is 6.76. The molecule has 0 saturated heterocycles. The number of benzene rings is 2. The van der Waals surface area contributed by atoms with E-state index in [0.29, 0.717) is 17.2 Å². The Morgan fingerprint density at radius 1 is 1.00 bits per heavy atom. The van der Waals surface area contributed by atoms with Crippen molar-refractivity contribution in [3.8, 4) is 17.0 Å². The molecule has 0 spiro atoms. The predicted molar refractivity (Wildman–Crippen MR) is 105 cm³/mol. The van der Waals surface area contributed by atoms with Crippen LogP contribution >= 0.6 is 0 Å². The summed E-state index contributed by atoms with van der Waals surface area (Å²) in [6.45, 7) is 4.08. The van der Waals surface area contributed by atoms with Crippen molar-refractivity contribution in [3.63, 3.8) is 0 Å². The SMILES string of the molecule is Cc1ccc(-c2ncnc(Nc3ccc4c(c3)CC/C4=N\O)c2O)cc1C. The first-order chi connectivity index (χ1) is 13.1. The van der Waals surface area contributed by atoms with E-state index >= 15 is 0 Å². The second kappa shape index (κ2) is 6.72. The van der Waals surface area contributed by atoms with Gasteiger partial charge in [0.2, 0.25) is 0 Å². The molecule has 3 N–H and O–H groups in total. The highest BCUT2D eigenvalue weighted by molar-refractivity contribution is 6.04. The lowest BCUT2D eigenvalue weighted by molar-refractivity contribution is 0.318. The molecule has 1 aliphatic carbocycles. The average molecular weight is 360 g/mol. The van der Waals surface area contributed by atoms with Crippen LogP contribution in [-0.4, -0.2) is 26.0 Å². The van der Waals surface area contributed by atoms with Crippen molar-refractivity contribution in [2.75, 3.05) is 5.32 Å². The van der Waals surface area contributed by atoms with Gasteiger partial charge in [-0.2, -0.15) is 0 Å². The summed E-state index contributed by atoms with van der Waals surface area (Å²) in [5.74, 6) is 0.367. The van der Waals surface area contributed by atoms with Gasteiger partial charge in [0.1, 0.15) is 12.0 Å². The fourth-order valence-electron chi connectivity index (χ4n) is 3.36. The third-order valence-electron chi connectivity index (χ3n) is 5.03. The van der Waals surface area contributed by atoms with Crippen molar-refractivity contribution in [1.29, 1.82) is 0 Å². The lowest BCUT2D eigenvalue weighted by Gasteiger charge is -2.12. The molecule has 136 valence electrons. The minimum absolute atomic E-state index is 0.0128. The van der Waals surface area contributed by atoms with Gasteiger partial charge in [-0.15, -0.1) is 0 Å². The number of nitrogens with zero attached hydrogens (tertiary/aromatic N) is 3. The van der Waals surface area contributed by atoms with E-state index in [1.54, 1.807) is 0 Å². The molecule has 3 aromatic rings. The summed E-state index contributed by atoms with van der Waals surface area (Å²) in [7, 11) is 0. The van der Waals surface area contributed by atoms with Gasteiger partial charge in [0, 0.05) is 16.8 Å². The monoisotopic (exact) mass is 360 g/mol. The highest BCUT2D eigenvalue weighted by atomic mass is 16.4. The van der Waals surface area contributed by atoms with Gasteiger partial charge < -0.3 is 15.6 Å². The Labute approximate surface area is 157 Å². The number of hydrogen-bond donors (Lipinski definition) is 3. The maximum absolute atomic E-state index is 10.7. The van der Waals surface area contributed by atoms with E-state index in [-0.39, 0.29) is 5.75 Å². The third-order valence-corrected chi connectivity index (χ3v) is 5.03. The number of hydrogen-bond acceptors (Lipinski definition) is 6. The molecular weight excluding hydrogens is 340 g/mol. The van der Waals surface area contributed by atoms with Crippen LogP contribution in [-0.2, 0) is 6.42 Å². The zero-order valence-electron chi connectivity index (χ0n) is 15.2. The van der Waals surface area contributed by atoms with Crippen molar-refractivity contribution in [1.82, 2.24) is 9.97 Å². The van der Waals surface area contributed by atoms with E-state index in [4.69, 9.17) is 5.21 Å². The molecule has 0 saturated carbocycles. The van der Waals surface area contributed by atoms with E-state index in [2.05, 4.69) is 20.4 Å². The number of aryl methyl sites for hydroxylation is 3. The van der Waals surface area contributed by atoms with Gasteiger partial charge in [0.25, 0.3) is 0 Å². The first-order valence-corrected chi connectivity index (χ1v) is 8.79. The summed E-state index contributed by atoms with van der Waals surface area (Å²) >= 11 is 0. The zero-order chi connectivity index (χ0) is 19.0. The van der Waals surface area contributed by atoms with E-state index in [1.807, 2.05) is 50.2 Å². The van der Waals surface area contributed by atoms with Gasteiger partial charge in [-0.1, -0.05) is 23.4 Å². The van der Waals surface area contributed by atoms with Crippen molar-refractivity contribution in [3.05, 3.63) is 65.0 Å². The summed E-state index contributed by atoms with van der Waals surface area (Å²) in [6.07, 6.45) is 3.00. The van der Waals surface area contributed by atoms with Gasteiger partial charge in [0.05, 0.1) is 5.71 Å². The Bertz CT molecular complexity index is 1060. The van der Waals surface area contributed by atoms with Crippen LogP contribution in [0.15, 0.2) is 47.9 Å². The van der Waals surface area contributed by atoms with Crippen molar-refractivity contribution in [2.45, 2.75) is 26.7 Å². The number of aromatic nitrogens is 2. The molecule has 0 atom stereocenters. The Balaban J connectivity index is 1.67. The van der Waals surface area contributed by atoms with Gasteiger partial charge in [-0.05, 0) is 61.6 Å². The van der Waals surface area contributed by atoms with Crippen molar-refractivity contribution >= 4 is 17.2 Å². The normalized spacial score (nSPS) is 14.4. The minimum Gasteiger partial charge on any atom is -0.503 e. The number of oxime groups is 1. The molecule has 0 bridgehead atoms. The molecule has 2 aromatic carbocycles. The number of anilines is 2. The van der Waals surface area contributed by atoms with E-state index < -0.39 is 0 Å². The predicted octanol–water partition coefficient (Wildman–Crippen LogP) is 4.33. The van der Waals surface area contributed by atoms with Crippen LogP contribution < -0.4 is 5.32 Å². The van der Waals surface area contributed by atoms with E-state index in [0.717, 1.165) is 40.8 Å². The molecular formula is C21H20N4O2. The topological polar surface area (TPSA) is 90.6 Å². The quantitative estimate of drug-likeness (QED) is 0.478. The summed E-state index contributed by atoms with van der Waals surface area (Å²) in [5.41, 5.74) is 7.26. The largest absolute Gasteiger partial charge is 0.503 e. The van der Waals surface area contributed by atoms with Gasteiger partial charge in [0.15, 0.2) is 11.6 Å². The summed E-state index contributed by atoms with van der Waals surface area (Å²) in [6, 6.07) is 11.8. The average Bonchev–Trinajstić information content (AvgIpc) is 3.08. The summed E-state index contributed by atoms with van der Waals surface area (Å²) < 4.78 is 0. The maximum atomic E-state index is 10.7. The Morgan fingerprint density at radius 3 is 2.63 bits per heavy atom. The standard InChI is InChI=1S/C21H20N4O2/c1-12-3-4-15(9-13(12)2)19-20(26)21(23-11-22-19)24-16-6-7-17-14(10-16)5-8-18(17)25-27/h3-4,6-7,9-11,26-27H,5,8H2,1-2H3,(H,22,23,24)/b25-18+. The molecule has 1 aliphatic rings. The summed E-state index contributed by atoms with van der Waals surface area (Å²) in [5, 5.41) is 26.3. The van der Waals surface area contributed by atoms with Gasteiger partial charge >= 0.3 is 0 Å². The Morgan fingerprint density at radius 2 is 1.85 bits per heavy atom. The second-order valence-electron chi connectivity index (χ2n) is 6.76. The van der Waals surface area contributed by atoms with E-state index in [9.17, 15) is 5.11 Å². The van der Waals surface area contributed by atoms with Crippen LogP contribution in [0.1, 0.15) is 28.7 Å². The highest BCUT2D eigenvalue weighted by Gasteiger charge is 2.19. The third kappa shape index (κ3) is 3.10. The number of rotatable bonds is 3. The van der Waals surface area contributed by atoms with Crippen LogP contribution in [0.25, 0.3) is 11.3 Å². The first kappa shape index (κ1) is 17.0. The molecule has 6 heteroatoms. The Kier molecular flexibility index (Phi) is 4.24. The fourth-order valence-corrected chi connectivity index (χ4v) is 3.36. The van der Waals surface area contributed by atoms with Crippen LogP contribution in [0.2, 0.25) is 0 Å². The summed E-state index contributed by atoms with van der Waals surface area (Å²) in [4.78, 5) is 8.44. The molecule has 0 amide bonds. The molecule has 1 aromatic heterocycles. The molecule has 0 aliphatic heterocycles. The van der Waals surface area contributed by atoms with Gasteiger partial charge in [-0.3, -0.25) is 0 Å². The molecule has 0 unspecified atom stereocenters. The number of aromatic hydroxyl groups is 1. The minimum atomic E-state index is 0.0128. The van der Waals surface area contributed by atoms with Crippen molar-refractivity contribution < 1.29 is 10.3 Å². The maximum Gasteiger partial charge on any atom is 0.185 e. The van der Waals surface area contributed by atoms with Crippen LogP contribution in [0.5, 0.6) is 5.75 Å². The first-order valence-electron chi connectivity index (χ1n) is 8.79. The lowest BCUT2D eigenvalue weighted by atomic mass is 10.0. The molecule has 6 nitrogen and oxygen atoms in total. The number of fused-ring (bicyclic) bond motifs is 1.